The molecular weight excluding hydrogens is 286 g/mol. The largest absolute Gasteiger partial charge is 0.350 e. The van der Waals surface area contributed by atoms with Crippen molar-refractivity contribution < 1.29 is 0 Å². The summed E-state index contributed by atoms with van der Waals surface area (Å²) in [7, 11) is 2.14. The minimum atomic E-state index is 0.675. The van der Waals surface area contributed by atoms with E-state index < -0.39 is 0 Å². The minimum absolute atomic E-state index is 0.675. The Kier molecular flexibility index (Phi) is 2.92. The number of anilines is 1. The van der Waals surface area contributed by atoms with Crippen LogP contribution in [0, 0.1) is 5.92 Å². The van der Waals surface area contributed by atoms with E-state index >= 15 is 0 Å². The van der Waals surface area contributed by atoms with Crippen LogP contribution in [0.15, 0.2) is 0 Å². The average molecular weight is 302 g/mol. The van der Waals surface area contributed by atoms with Crippen molar-refractivity contribution in [1.82, 2.24) is 9.36 Å². The van der Waals surface area contributed by atoms with Gasteiger partial charge in [0.05, 0.1) is 0 Å². The van der Waals surface area contributed by atoms with E-state index in [9.17, 15) is 0 Å². The smallest absolute Gasteiger partial charge is 0.204 e. The molecule has 3 rings (SSSR count). The molecule has 0 radical (unpaired) electrons. The second-order valence-electron chi connectivity index (χ2n) is 5.02. The summed E-state index contributed by atoms with van der Waals surface area (Å²) in [6.45, 7) is 1.13. The normalized spacial score (nSPS) is 28.9. The highest BCUT2D eigenvalue weighted by atomic mass is 79.9. The molecule has 0 aliphatic heterocycles. The molecule has 2 fully saturated rings. The van der Waals surface area contributed by atoms with Crippen molar-refractivity contribution in [2.45, 2.75) is 36.4 Å². The summed E-state index contributed by atoms with van der Waals surface area (Å²) in [6.07, 6.45) is 5.18. The van der Waals surface area contributed by atoms with Gasteiger partial charge in [-0.3, -0.25) is 0 Å². The highest BCUT2D eigenvalue weighted by molar-refractivity contribution is 9.09. The number of hydrogen-bond acceptors (Lipinski definition) is 4. The highest BCUT2D eigenvalue weighted by Gasteiger charge is 2.30. The summed E-state index contributed by atoms with van der Waals surface area (Å²) in [4.78, 5) is 7.65. The number of hydrogen-bond donors (Lipinski definition) is 0. The number of halogens is 1. The fourth-order valence-corrected chi connectivity index (χ4v) is 3.93. The van der Waals surface area contributed by atoms with Crippen LogP contribution in [0.5, 0.6) is 0 Å². The topological polar surface area (TPSA) is 29.0 Å². The maximum atomic E-state index is 4.62. The molecule has 2 saturated carbocycles. The fourth-order valence-electron chi connectivity index (χ4n) is 2.16. The molecule has 0 aromatic carbocycles. The third kappa shape index (κ3) is 2.25. The Bertz CT molecular complexity index is 371. The molecule has 0 saturated heterocycles. The Labute approximate surface area is 109 Å². The van der Waals surface area contributed by atoms with Crippen molar-refractivity contribution >= 4 is 32.6 Å². The molecule has 0 N–H and O–H groups in total. The average Bonchev–Trinajstić information content (AvgIpc) is 2.94. The van der Waals surface area contributed by atoms with Gasteiger partial charge in [-0.1, -0.05) is 15.9 Å². The Morgan fingerprint density at radius 2 is 2.19 bits per heavy atom. The van der Waals surface area contributed by atoms with Crippen LogP contribution in [-0.4, -0.2) is 27.8 Å². The van der Waals surface area contributed by atoms with E-state index in [1.54, 1.807) is 11.5 Å². The van der Waals surface area contributed by atoms with Crippen molar-refractivity contribution in [3.8, 4) is 0 Å². The Hall–Kier alpha value is -0.160. The monoisotopic (exact) mass is 301 g/mol. The molecule has 16 heavy (non-hydrogen) atoms. The van der Waals surface area contributed by atoms with Crippen molar-refractivity contribution in [1.29, 1.82) is 0 Å². The zero-order valence-electron chi connectivity index (χ0n) is 9.40. The van der Waals surface area contributed by atoms with Crippen LogP contribution in [0.1, 0.15) is 37.4 Å². The van der Waals surface area contributed by atoms with Crippen LogP contribution in [0.25, 0.3) is 0 Å². The number of aromatic nitrogens is 2. The van der Waals surface area contributed by atoms with Gasteiger partial charge in [-0.15, -0.1) is 0 Å². The lowest BCUT2D eigenvalue weighted by molar-refractivity contribution is 0.339. The van der Waals surface area contributed by atoms with Crippen molar-refractivity contribution in [2.75, 3.05) is 18.5 Å². The first-order valence-corrected chi connectivity index (χ1v) is 7.60. The van der Waals surface area contributed by atoms with Gasteiger partial charge in [0.15, 0.2) is 0 Å². The summed E-state index contributed by atoms with van der Waals surface area (Å²) in [5.41, 5.74) is 0. The van der Waals surface area contributed by atoms with Crippen molar-refractivity contribution in [2.24, 2.45) is 5.92 Å². The van der Waals surface area contributed by atoms with E-state index in [1.807, 2.05) is 0 Å². The SMILES string of the molecule is CN(CC1CC(Br)C1)c1nc(C2CC2)ns1. The minimum Gasteiger partial charge on any atom is -0.350 e. The van der Waals surface area contributed by atoms with Crippen LogP contribution >= 0.6 is 27.5 Å². The lowest BCUT2D eigenvalue weighted by Gasteiger charge is -2.34. The van der Waals surface area contributed by atoms with Gasteiger partial charge >= 0.3 is 0 Å². The van der Waals surface area contributed by atoms with Crippen LogP contribution in [0.2, 0.25) is 0 Å². The molecule has 2 aliphatic rings. The fraction of sp³-hybridized carbons (Fsp3) is 0.818. The van der Waals surface area contributed by atoms with Gasteiger partial charge in [-0.05, 0) is 31.6 Å². The predicted octanol–water partition coefficient (Wildman–Crippen LogP) is 3.03. The summed E-state index contributed by atoms with van der Waals surface area (Å²) < 4.78 is 4.44. The summed E-state index contributed by atoms with van der Waals surface area (Å²) >= 11 is 5.19. The molecule has 1 aromatic heterocycles. The summed E-state index contributed by atoms with van der Waals surface area (Å²) in [5.74, 6) is 2.59. The molecule has 88 valence electrons. The maximum absolute atomic E-state index is 4.62. The molecule has 0 unspecified atom stereocenters. The zero-order chi connectivity index (χ0) is 11.1. The van der Waals surface area contributed by atoms with Gasteiger partial charge in [0, 0.05) is 35.9 Å². The van der Waals surface area contributed by atoms with Gasteiger partial charge in [0.25, 0.3) is 0 Å². The van der Waals surface area contributed by atoms with E-state index in [1.165, 1.54) is 25.7 Å². The Balaban J connectivity index is 1.57. The van der Waals surface area contributed by atoms with E-state index in [2.05, 4.69) is 37.2 Å². The number of rotatable bonds is 4. The van der Waals surface area contributed by atoms with E-state index in [0.717, 1.165) is 28.2 Å². The lowest BCUT2D eigenvalue weighted by atomic mass is 9.85. The zero-order valence-corrected chi connectivity index (χ0v) is 11.8. The molecule has 2 aliphatic carbocycles. The highest BCUT2D eigenvalue weighted by Crippen LogP contribution is 2.40. The van der Waals surface area contributed by atoms with Gasteiger partial charge in [0.2, 0.25) is 5.13 Å². The first-order valence-electron chi connectivity index (χ1n) is 5.91. The van der Waals surface area contributed by atoms with Gasteiger partial charge < -0.3 is 4.90 Å². The maximum Gasteiger partial charge on any atom is 0.204 e. The van der Waals surface area contributed by atoms with Crippen LogP contribution in [-0.2, 0) is 0 Å². The van der Waals surface area contributed by atoms with Gasteiger partial charge in [-0.25, -0.2) is 4.98 Å². The van der Waals surface area contributed by atoms with Crippen LogP contribution in [0.4, 0.5) is 5.13 Å². The van der Waals surface area contributed by atoms with Crippen molar-refractivity contribution in [3.63, 3.8) is 0 Å². The Morgan fingerprint density at radius 1 is 1.44 bits per heavy atom. The summed E-state index contributed by atoms with van der Waals surface area (Å²) in [5, 5.41) is 1.10. The number of alkyl halides is 1. The van der Waals surface area contributed by atoms with Crippen LogP contribution in [0.3, 0.4) is 0 Å². The molecule has 0 amide bonds. The standard InChI is InChI=1S/C11H16BrN3S/c1-15(6-7-4-9(12)5-7)11-13-10(14-16-11)8-2-3-8/h7-9H,2-6H2,1H3. The molecule has 0 atom stereocenters. The predicted molar refractivity (Wildman–Crippen MR) is 70.6 cm³/mol. The second kappa shape index (κ2) is 4.26. The molecule has 5 heteroatoms. The number of nitrogens with zero attached hydrogens (tertiary/aromatic N) is 3. The van der Waals surface area contributed by atoms with Gasteiger partial charge in [0.1, 0.15) is 5.82 Å². The molecule has 1 aromatic rings. The summed E-state index contributed by atoms with van der Waals surface area (Å²) in [6, 6.07) is 0. The molecule has 3 nitrogen and oxygen atoms in total. The van der Waals surface area contributed by atoms with Crippen LogP contribution < -0.4 is 4.90 Å². The molecular formula is C11H16BrN3S. The third-order valence-corrected chi connectivity index (χ3v) is 5.00. The quantitative estimate of drug-likeness (QED) is 0.801. The lowest BCUT2D eigenvalue weighted by Crippen LogP contribution is -2.34. The second-order valence-corrected chi connectivity index (χ2v) is 7.05. The van der Waals surface area contributed by atoms with E-state index in [-0.39, 0.29) is 0 Å². The van der Waals surface area contributed by atoms with Crippen molar-refractivity contribution in [3.05, 3.63) is 5.82 Å². The Morgan fingerprint density at radius 3 is 2.81 bits per heavy atom. The van der Waals surface area contributed by atoms with Gasteiger partial charge in [-0.2, -0.15) is 4.37 Å². The molecule has 0 spiro atoms. The van der Waals surface area contributed by atoms with E-state index in [0.29, 0.717) is 5.92 Å². The molecule has 0 bridgehead atoms. The first kappa shape index (κ1) is 11.0. The van der Waals surface area contributed by atoms with E-state index in [4.69, 9.17) is 0 Å². The third-order valence-electron chi connectivity index (χ3n) is 3.41. The molecule has 1 heterocycles. The first-order chi connectivity index (χ1) is 7.72.